The zero-order valence-corrected chi connectivity index (χ0v) is 22.3. The van der Waals surface area contributed by atoms with Crippen LogP contribution in [0.15, 0.2) is 59.5 Å². The number of benzene rings is 2. The molecule has 6 heteroatoms. The van der Waals surface area contributed by atoms with Gasteiger partial charge in [-0.25, -0.2) is 14.4 Å². The number of anilines is 1. The van der Waals surface area contributed by atoms with E-state index in [1.807, 2.05) is 32.9 Å². The Labute approximate surface area is 209 Å². The van der Waals surface area contributed by atoms with Crippen LogP contribution in [0.2, 0.25) is 0 Å². The van der Waals surface area contributed by atoms with E-state index in [0.29, 0.717) is 17.5 Å². The lowest BCUT2D eigenvalue weighted by molar-refractivity contribution is 0.419. The van der Waals surface area contributed by atoms with Gasteiger partial charge in [0.25, 0.3) is 0 Å². The Kier molecular flexibility index (Phi) is 10.8. The number of allylic oxidation sites excluding steroid dienone is 2. The van der Waals surface area contributed by atoms with Crippen molar-refractivity contribution in [3.05, 3.63) is 60.3 Å². The van der Waals surface area contributed by atoms with E-state index in [4.69, 9.17) is 9.73 Å². The van der Waals surface area contributed by atoms with Crippen molar-refractivity contribution in [3.63, 3.8) is 0 Å². The van der Waals surface area contributed by atoms with Crippen molar-refractivity contribution in [1.82, 2.24) is 9.97 Å². The number of methoxy groups -OCH3 is 1. The maximum atomic E-state index is 13.5. The van der Waals surface area contributed by atoms with Crippen LogP contribution in [-0.2, 0) is 0 Å². The third-order valence-corrected chi connectivity index (χ3v) is 5.98. The molecule has 0 amide bonds. The van der Waals surface area contributed by atoms with Crippen molar-refractivity contribution in [3.8, 4) is 16.9 Å². The lowest BCUT2D eigenvalue weighted by atomic mass is 9.96. The third kappa shape index (κ3) is 6.87. The van der Waals surface area contributed by atoms with Gasteiger partial charge >= 0.3 is 0 Å². The lowest BCUT2D eigenvalue weighted by Crippen LogP contribution is -2.31. The zero-order chi connectivity index (χ0) is 26.0. The number of fused-ring (bicyclic) bond motifs is 1. The van der Waals surface area contributed by atoms with Gasteiger partial charge in [-0.05, 0) is 68.0 Å². The summed E-state index contributed by atoms with van der Waals surface area (Å²) in [6, 6.07) is 10.3. The van der Waals surface area contributed by atoms with Crippen LogP contribution in [-0.4, -0.2) is 28.8 Å². The van der Waals surface area contributed by atoms with Gasteiger partial charge in [-0.15, -0.1) is 0 Å². The Bertz CT molecular complexity index is 1160. The highest BCUT2D eigenvalue weighted by Crippen LogP contribution is 2.34. The van der Waals surface area contributed by atoms with Crippen LogP contribution in [0, 0.1) is 11.7 Å². The molecule has 2 atom stereocenters. The molecule has 1 N–H and O–H groups in total. The molecule has 0 fully saturated rings. The van der Waals surface area contributed by atoms with Gasteiger partial charge in [-0.2, -0.15) is 0 Å². The van der Waals surface area contributed by atoms with Gasteiger partial charge < -0.3 is 10.1 Å². The predicted molar refractivity (Wildman–Crippen MR) is 147 cm³/mol. The molecular formula is C29H39FN4O. The summed E-state index contributed by atoms with van der Waals surface area (Å²) in [6.45, 7) is 14.6. The minimum Gasteiger partial charge on any atom is -0.494 e. The smallest absolute Gasteiger partial charge is 0.145 e. The maximum absolute atomic E-state index is 13.5. The number of nitrogens with one attached hydrogen (secondary N) is 1. The minimum atomic E-state index is -0.268. The molecule has 0 bridgehead atoms. The Hall–Kier alpha value is -3.28. The highest BCUT2D eigenvalue weighted by Gasteiger charge is 2.20. The molecule has 1 heterocycles. The first-order valence-electron chi connectivity index (χ1n) is 12.5. The summed E-state index contributed by atoms with van der Waals surface area (Å²) in [5, 5.41) is 4.41. The monoisotopic (exact) mass is 478 g/mol. The first kappa shape index (κ1) is 28.0. The van der Waals surface area contributed by atoms with Crippen LogP contribution in [0.3, 0.4) is 0 Å². The van der Waals surface area contributed by atoms with Crippen molar-refractivity contribution >= 4 is 22.4 Å². The van der Waals surface area contributed by atoms with Crippen molar-refractivity contribution in [2.24, 2.45) is 10.9 Å². The van der Waals surface area contributed by atoms with E-state index in [1.54, 1.807) is 25.6 Å². The lowest BCUT2D eigenvalue weighted by Gasteiger charge is -2.23. The molecule has 3 rings (SSSR count). The largest absolute Gasteiger partial charge is 0.494 e. The van der Waals surface area contributed by atoms with Gasteiger partial charge in [0.2, 0.25) is 0 Å². The molecule has 188 valence electrons. The molecule has 0 spiro atoms. The fraction of sp³-hybridized carbons (Fsp3) is 0.414. The van der Waals surface area contributed by atoms with E-state index in [2.05, 4.69) is 49.1 Å². The number of ether oxygens (including phenoxy) is 1. The highest BCUT2D eigenvalue weighted by molar-refractivity contribution is 5.99. The number of hydrogen-bond acceptors (Lipinski definition) is 5. The number of nitrogens with zero attached hydrogens (tertiary/aromatic N) is 3. The Balaban J connectivity index is 0.00000210. The minimum absolute atomic E-state index is 0.0278. The average molecular weight is 479 g/mol. The summed E-state index contributed by atoms with van der Waals surface area (Å²) >= 11 is 0. The number of hydrogen-bond donors (Lipinski definition) is 1. The predicted octanol–water partition coefficient (Wildman–Crippen LogP) is 8.07. The van der Waals surface area contributed by atoms with Crippen molar-refractivity contribution in [1.29, 1.82) is 0 Å². The van der Waals surface area contributed by atoms with Gasteiger partial charge in [-0.1, -0.05) is 52.8 Å². The van der Waals surface area contributed by atoms with E-state index >= 15 is 0 Å². The first-order valence-corrected chi connectivity index (χ1v) is 12.5. The van der Waals surface area contributed by atoms with Crippen LogP contribution >= 0.6 is 0 Å². The van der Waals surface area contributed by atoms with E-state index in [-0.39, 0.29) is 11.9 Å². The molecule has 2 aromatic carbocycles. The molecule has 2 unspecified atom stereocenters. The maximum Gasteiger partial charge on any atom is 0.145 e. The van der Waals surface area contributed by atoms with Crippen LogP contribution in [0.25, 0.3) is 22.0 Å². The van der Waals surface area contributed by atoms with Gasteiger partial charge in [0.15, 0.2) is 0 Å². The topological polar surface area (TPSA) is 59.4 Å². The van der Waals surface area contributed by atoms with E-state index < -0.39 is 0 Å². The fourth-order valence-corrected chi connectivity index (χ4v) is 3.85. The molecule has 5 nitrogen and oxygen atoms in total. The Morgan fingerprint density at radius 2 is 1.77 bits per heavy atom. The molecular weight excluding hydrogens is 439 g/mol. The van der Waals surface area contributed by atoms with Crippen LogP contribution in [0.4, 0.5) is 10.2 Å². The van der Waals surface area contributed by atoms with Crippen LogP contribution in [0.1, 0.15) is 61.3 Å². The van der Waals surface area contributed by atoms with Crippen LogP contribution in [0.5, 0.6) is 5.75 Å². The summed E-state index contributed by atoms with van der Waals surface area (Å²) in [5.74, 6) is 1.41. The molecule has 0 saturated heterocycles. The summed E-state index contributed by atoms with van der Waals surface area (Å²) in [4.78, 5) is 14.0. The first-order chi connectivity index (χ1) is 16.9. The molecule has 0 saturated carbocycles. The van der Waals surface area contributed by atoms with Crippen molar-refractivity contribution in [2.75, 3.05) is 12.4 Å². The van der Waals surface area contributed by atoms with Crippen molar-refractivity contribution < 1.29 is 9.13 Å². The average Bonchev–Trinajstić information content (AvgIpc) is 2.90. The zero-order valence-electron chi connectivity index (χ0n) is 22.3. The molecule has 3 aromatic rings. The second-order valence-corrected chi connectivity index (χ2v) is 8.15. The molecule has 0 aliphatic heterocycles. The summed E-state index contributed by atoms with van der Waals surface area (Å²) in [5.41, 5.74) is 4.69. The number of halogens is 1. The van der Waals surface area contributed by atoms with Crippen LogP contribution < -0.4 is 10.1 Å². The normalized spacial score (nSPS) is 13.6. The Morgan fingerprint density at radius 1 is 1.09 bits per heavy atom. The Morgan fingerprint density at radius 3 is 2.34 bits per heavy atom. The second kappa shape index (κ2) is 13.6. The number of aromatic nitrogens is 2. The molecule has 0 radical (unpaired) electrons. The molecule has 1 aromatic heterocycles. The number of aliphatic imine (C=N–C) groups is 1. The quantitative estimate of drug-likeness (QED) is 0.316. The molecule has 0 aliphatic rings. The van der Waals surface area contributed by atoms with Gasteiger partial charge in [0.1, 0.15) is 29.2 Å². The second-order valence-electron chi connectivity index (χ2n) is 8.15. The van der Waals surface area contributed by atoms with Gasteiger partial charge in [0, 0.05) is 16.8 Å². The highest BCUT2D eigenvalue weighted by atomic mass is 19.1. The van der Waals surface area contributed by atoms with E-state index in [9.17, 15) is 4.39 Å². The standard InChI is InChI=1S/C27H33FN4O.C2H6/c1-7-17(4)25(32-22(8-2)9-3)18(5)31-27-23-14-20(19-10-12-21(28)13-11-19)15-24(33-6)26(23)29-16-30-27;1-2/h8,10-18H,7,9H2,1-6H3,(H,29,30,31);1-2H3/b22-8-,32-25?;. The third-order valence-electron chi connectivity index (χ3n) is 5.98. The van der Waals surface area contributed by atoms with Gasteiger partial charge in [0.05, 0.1) is 13.2 Å². The van der Waals surface area contributed by atoms with Crippen molar-refractivity contribution in [2.45, 2.75) is 67.3 Å². The van der Waals surface area contributed by atoms with Gasteiger partial charge in [-0.3, -0.25) is 4.99 Å². The molecule has 0 aliphatic carbocycles. The fourth-order valence-electron chi connectivity index (χ4n) is 3.85. The molecule has 35 heavy (non-hydrogen) atoms. The SMILES string of the molecule is C/C=C(/CC)N=C(C(C)CC)C(C)Nc1ncnc2c(OC)cc(-c3ccc(F)cc3)cc12.CC. The summed E-state index contributed by atoms with van der Waals surface area (Å²) in [6.07, 6.45) is 5.49. The van der Waals surface area contributed by atoms with E-state index in [1.165, 1.54) is 12.1 Å². The summed E-state index contributed by atoms with van der Waals surface area (Å²) in [7, 11) is 1.62. The van der Waals surface area contributed by atoms with E-state index in [0.717, 1.165) is 46.3 Å². The summed E-state index contributed by atoms with van der Waals surface area (Å²) < 4.78 is 19.1. The number of rotatable bonds is 9.